The molecule has 19 heavy (non-hydrogen) atoms. The Morgan fingerprint density at radius 2 is 2.05 bits per heavy atom. The van der Waals surface area contributed by atoms with E-state index in [9.17, 15) is 4.79 Å². The lowest BCUT2D eigenvalue weighted by Crippen LogP contribution is -2.41. The Bertz CT molecular complexity index is 368. The average molecular weight is 264 g/mol. The summed E-state index contributed by atoms with van der Waals surface area (Å²) in [6, 6.07) is 10.1. The lowest BCUT2D eigenvalue weighted by molar-refractivity contribution is -0.125. The number of ether oxygens (including phenoxy) is 1. The highest BCUT2D eigenvalue weighted by Gasteiger charge is 2.18. The van der Waals surface area contributed by atoms with Gasteiger partial charge in [-0.25, -0.2) is 0 Å². The summed E-state index contributed by atoms with van der Waals surface area (Å²) in [6.07, 6.45) is 1.49. The molecule has 1 aromatic carbocycles. The first-order chi connectivity index (χ1) is 9.17. The van der Waals surface area contributed by atoms with Gasteiger partial charge in [-0.15, -0.1) is 0 Å². The Labute approximate surface area is 115 Å². The fraction of sp³-hybridized carbons (Fsp3) is 0.533. The number of rotatable bonds is 8. The van der Waals surface area contributed by atoms with Crippen LogP contribution in [0.4, 0.5) is 0 Å². The molecule has 0 aromatic heterocycles. The van der Waals surface area contributed by atoms with E-state index < -0.39 is 0 Å². The second-order valence-corrected chi connectivity index (χ2v) is 4.81. The Hall–Kier alpha value is -1.39. The first kappa shape index (κ1) is 15.7. The molecular formula is C15H24N2O2. The van der Waals surface area contributed by atoms with Crippen LogP contribution in [0.1, 0.15) is 18.9 Å². The normalized spacial score (nSPS) is 13.8. The summed E-state index contributed by atoms with van der Waals surface area (Å²) < 4.78 is 5.00. The zero-order valence-electron chi connectivity index (χ0n) is 11.8. The van der Waals surface area contributed by atoms with Crippen molar-refractivity contribution >= 4 is 5.91 Å². The van der Waals surface area contributed by atoms with Gasteiger partial charge in [0.2, 0.25) is 5.91 Å². The molecule has 0 aliphatic heterocycles. The van der Waals surface area contributed by atoms with Gasteiger partial charge in [-0.3, -0.25) is 4.79 Å². The van der Waals surface area contributed by atoms with Crippen LogP contribution < -0.4 is 11.1 Å². The fourth-order valence-corrected chi connectivity index (χ4v) is 1.91. The highest BCUT2D eigenvalue weighted by Crippen LogP contribution is 2.08. The third-order valence-corrected chi connectivity index (χ3v) is 3.12. The number of hydrogen-bond acceptors (Lipinski definition) is 3. The van der Waals surface area contributed by atoms with Crippen LogP contribution in [0.25, 0.3) is 0 Å². The number of methoxy groups -OCH3 is 1. The average Bonchev–Trinajstić information content (AvgIpc) is 2.43. The third-order valence-electron chi connectivity index (χ3n) is 3.12. The maximum Gasteiger partial charge on any atom is 0.224 e. The molecule has 4 heteroatoms. The maximum absolute atomic E-state index is 12.1. The summed E-state index contributed by atoms with van der Waals surface area (Å²) in [6.45, 7) is 2.98. The SMILES string of the molecule is COCCC(C)NC(=O)C(CN)Cc1ccccc1. The molecule has 0 heterocycles. The summed E-state index contributed by atoms with van der Waals surface area (Å²) in [4.78, 5) is 12.1. The van der Waals surface area contributed by atoms with Gasteiger partial charge in [-0.2, -0.15) is 0 Å². The van der Waals surface area contributed by atoms with Crippen molar-refractivity contribution in [1.82, 2.24) is 5.32 Å². The predicted molar refractivity (Wildman–Crippen MR) is 76.8 cm³/mol. The minimum absolute atomic E-state index is 0.0231. The summed E-state index contributed by atoms with van der Waals surface area (Å²) in [5.41, 5.74) is 6.85. The summed E-state index contributed by atoms with van der Waals surface area (Å²) >= 11 is 0. The van der Waals surface area contributed by atoms with Crippen molar-refractivity contribution in [3.05, 3.63) is 35.9 Å². The van der Waals surface area contributed by atoms with Crippen molar-refractivity contribution in [2.45, 2.75) is 25.8 Å². The van der Waals surface area contributed by atoms with Crippen LogP contribution in [-0.4, -0.2) is 32.2 Å². The second-order valence-electron chi connectivity index (χ2n) is 4.81. The van der Waals surface area contributed by atoms with Crippen molar-refractivity contribution in [3.8, 4) is 0 Å². The molecule has 0 saturated carbocycles. The molecule has 0 bridgehead atoms. The van der Waals surface area contributed by atoms with E-state index in [1.165, 1.54) is 0 Å². The highest BCUT2D eigenvalue weighted by molar-refractivity contribution is 5.79. The molecule has 0 radical (unpaired) electrons. The van der Waals surface area contributed by atoms with Crippen molar-refractivity contribution in [2.75, 3.05) is 20.3 Å². The Morgan fingerprint density at radius 1 is 1.37 bits per heavy atom. The van der Waals surface area contributed by atoms with Crippen molar-refractivity contribution in [2.24, 2.45) is 11.7 Å². The van der Waals surface area contributed by atoms with Crippen LogP contribution in [0.15, 0.2) is 30.3 Å². The molecule has 0 spiro atoms. The van der Waals surface area contributed by atoms with E-state index in [-0.39, 0.29) is 17.9 Å². The van der Waals surface area contributed by atoms with Gasteiger partial charge < -0.3 is 15.8 Å². The Kier molecular flexibility index (Phi) is 7.15. The number of amides is 1. The van der Waals surface area contributed by atoms with Crippen molar-refractivity contribution < 1.29 is 9.53 Å². The lowest BCUT2D eigenvalue weighted by Gasteiger charge is -2.19. The molecule has 3 N–H and O–H groups in total. The molecule has 0 aliphatic rings. The molecular weight excluding hydrogens is 240 g/mol. The minimum Gasteiger partial charge on any atom is -0.385 e. The van der Waals surface area contributed by atoms with E-state index in [2.05, 4.69) is 5.32 Å². The van der Waals surface area contributed by atoms with E-state index in [1.807, 2.05) is 37.3 Å². The Balaban J connectivity index is 2.48. The van der Waals surface area contributed by atoms with Crippen molar-refractivity contribution in [1.29, 1.82) is 0 Å². The van der Waals surface area contributed by atoms with Crippen LogP contribution in [0.3, 0.4) is 0 Å². The molecule has 1 aromatic rings. The maximum atomic E-state index is 12.1. The number of benzene rings is 1. The van der Waals surface area contributed by atoms with Gasteiger partial charge in [0.15, 0.2) is 0 Å². The first-order valence-corrected chi connectivity index (χ1v) is 6.70. The van der Waals surface area contributed by atoms with Gasteiger partial charge in [0.1, 0.15) is 0 Å². The van der Waals surface area contributed by atoms with Gasteiger partial charge >= 0.3 is 0 Å². The second kappa shape index (κ2) is 8.67. The van der Waals surface area contributed by atoms with Crippen LogP contribution >= 0.6 is 0 Å². The molecule has 0 saturated heterocycles. The quantitative estimate of drug-likeness (QED) is 0.745. The summed E-state index contributed by atoms with van der Waals surface area (Å²) in [5, 5.41) is 2.99. The van der Waals surface area contributed by atoms with E-state index in [4.69, 9.17) is 10.5 Å². The van der Waals surface area contributed by atoms with Crippen LogP contribution in [-0.2, 0) is 16.0 Å². The van der Waals surface area contributed by atoms with E-state index in [0.717, 1.165) is 12.0 Å². The summed E-state index contributed by atoms with van der Waals surface area (Å²) in [5.74, 6) is -0.151. The fourth-order valence-electron chi connectivity index (χ4n) is 1.91. The van der Waals surface area contributed by atoms with Crippen LogP contribution in [0.2, 0.25) is 0 Å². The Morgan fingerprint density at radius 3 is 2.63 bits per heavy atom. The molecule has 1 rings (SSSR count). The summed E-state index contributed by atoms with van der Waals surface area (Å²) in [7, 11) is 1.66. The highest BCUT2D eigenvalue weighted by atomic mass is 16.5. The largest absolute Gasteiger partial charge is 0.385 e. The van der Waals surface area contributed by atoms with Gasteiger partial charge in [-0.1, -0.05) is 30.3 Å². The van der Waals surface area contributed by atoms with Gasteiger partial charge in [0.25, 0.3) is 0 Å². The number of carbonyl (C=O) groups is 1. The zero-order chi connectivity index (χ0) is 14.1. The van der Waals surface area contributed by atoms with E-state index in [0.29, 0.717) is 19.6 Å². The molecule has 2 unspecified atom stereocenters. The number of nitrogens with two attached hydrogens (primary N) is 1. The van der Waals surface area contributed by atoms with Gasteiger partial charge in [-0.05, 0) is 25.3 Å². The minimum atomic E-state index is -0.174. The topological polar surface area (TPSA) is 64.3 Å². The van der Waals surface area contributed by atoms with Crippen molar-refractivity contribution in [3.63, 3.8) is 0 Å². The lowest BCUT2D eigenvalue weighted by atomic mass is 9.98. The molecule has 4 nitrogen and oxygen atoms in total. The monoisotopic (exact) mass is 264 g/mol. The van der Waals surface area contributed by atoms with Crippen LogP contribution in [0.5, 0.6) is 0 Å². The standard InChI is InChI=1S/C15H24N2O2/c1-12(8-9-19-2)17-15(18)14(11-16)10-13-6-4-3-5-7-13/h3-7,12,14H,8-11,16H2,1-2H3,(H,17,18). The molecule has 0 fully saturated rings. The molecule has 1 amide bonds. The smallest absolute Gasteiger partial charge is 0.224 e. The van der Waals surface area contributed by atoms with E-state index >= 15 is 0 Å². The third kappa shape index (κ3) is 5.85. The molecule has 0 aliphatic carbocycles. The van der Waals surface area contributed by atoms with E-state index in [1.54, 1.807) is 7.11 Å². The molecule has 2 atom stereocenters. The predicted octanol–water partition coefficient (Wildman–Crippen LogP) is 1.35. The first-order valence-electron chi connectivity index (χ1n) is 6.70. The molecule has 106 valence electrons. The van der Waals surface area contributed by atoms with Crippen LogP contribution in [0, 0.1) is 5.92 Å². The number of carbonyl (C=O) groups excluding carboxylic acids is 1. The zero-order valence-corrected chi connectivity index (χ0v) is 11.8. The number of hydrogen-bond donors (Lipinski definition) is 2. The number of nitrogens with one attached hydrogen (secondary N) is 1. The van der Waals surface area contributed by atoms with Gasteiger partial charge in [0.05, 0.1) is 5.92 Å². The van der Waals surface area contributed by atoms with Gasteiger partial charge in [0, 0.05) is 26.3 Å².